The predicted octanol–water partition coefficient (Wildman–Crippen LogP) is 3.55. The number of rotatable bonds is 4. The molecule has 0 spiro atoms. The zero-order chi connectivity index (χ0) is 12.3. The minimum Gasteiger partial charge on any atom is -0.311 e. The number of pyridine rings is 1. The minimum atomic E-state index is -0.303. The average molecular weight is 315 g/mol. The Morgan fingerprint density at radius 1 is 1.53 bits per heavy atom. The second-order valence-electron chi connectivity index (χ2n) is 3.68. The van der Waals surface area contributed by atoms with E-state index in [-0.39, 0.29) is 11.9 Å². The summed E-state index contributed by atoms with van der Waals surface area (Å²) < 4.78 is 13.9. The molecule has 2 aromatic heterocycles. The highest BCUT2D eigenvalue weighted by Gasteiger charge is 2.12. The molecule has 0 amide bonds. The monoisotopic (exact) mass is 314 g/mol. The lowest BCUT2D eigenvalue weighted by Gasteiger charge is -2.14. The molecule has 90 valence electrons. The number of likely N-dealkylation sites (N-methyl/N-ethyl adjacent to an activating group) is 1. The molecule has 0 saturated heterocycles. The molecule has 2 aromatic rings. The molecule has 0 aliphatic rings. The van der Waals surface area contributed by atoms with Crippen LogP contribution in [0.3, 0.4) is 0 Å². The van der Waals surface area contributed by atoms with Gasteiger partial charge in [-0.25, -0.2) is 4.39 Å². The van der Waals surface area contributed by atoms with Crippen LogP contribution in [-0.2, 0) is 6.42 Å². The smallest absolute Gasteiger partial charge is 0.141 e. The van der Waals surface area contributed by atoms with Crippen LogP contribution in [0.4, 0.5) is 4.39 Å². The Balaban J connectivity index is 2.13. The molecule has 5 heteroatoms. The van der Waals surface area contributed by atoms with Crippen LogP contribution in [0.5, 0.6) is 0 Å². The summed E-state index contributed by atoms with van der Waals surface area (Å²) in [7, 11) is 1.89. The van der Waals surface area contributed by atoms with Crippen molar-refractivity contribution >= 4 is 27.3 Å². The van der Waals surface area contributed by atoms with Gasteiger partial charge in [0.05, 0.1) is 17.9 Å². The fourth-order valence-corrected chi connectivity index (χ4v) is 3.11. The zero-order valence-corrected chi connectivity index (χ0v) is 11.7. The van der Waals surface area contributed by atoms with Crippen LogP contribution in [0.15, 0.2) is 34.2 Å². The Kier molecular flexibility index (Phi) is 4.25. The van der Waals surface area contributed by atoms with Gasteiger partial charge in [-0.3, -0.25) is 4.98 Å². The molecule has 0 aliphatic carbocycles. The van der Waals surface area contributed by atoms with E-state index in [2.05, 4.69) is 37.7 Å². The van der Waals surface area contributed by atoms with Gasteiger partial charge in [0.1, 0.15) is 5.82 Å². The molecule has 2 rings (SSSR count). The number of halogens is 2. The number of hydrogen-bond donors (Lipinski definition) is 1. The Labute approximate surface area is 112 Å². The van der Waals surface area contributed by atoms with Crippen molar-refractivity contribution < 1.29 is 4.39 Å². The maximum Gasteiger partial charge on any atom is 0.141 e. The predicted molar refractivity (Wildman–Crippen MR) is 71.7 cm³/mol. The van der Waals surface area contributed by atoms with Crippen molar-refractivity contribution in [2.45, 2.75) is 12.5 Å². The highest BCUT2D eigenvalue weighted by atomic mass is 79.9. The van der Waals surface area contributed by atoms with Gasteiger partial charge in [-0.2, -0.15) is 0 Å². The van der Waals surface area contributed by atoms with E-state index in [0.29, 0.717) is 0 Å². The Bertz CT molecular complexity index is 484. The Morgan fingerprint density at radius 2 is 2.35 bits per heavy atom. The van der Waals surface area contributed by atoms with E-state index in [0.717, 1.165) is 16.6 Å². The van der Waals surface area contributed by atoms with Crippen molar-refractivity contribution in [2.75, 3.05) is 7.05 Å². The molecular formula is C12H12BrFN2S. The topological polar surface area (TPSA) is 24.9 Å². The number of nitrogens with one attached hydrogen (secondary N) is 1. The summed E-state index contributed by atoms with van der Waals surface area (Å²) in [6.45, 7) is 0. The molecule has 2 nitrogen and oxygen atoms in total. The van der Waals surface area contributed by atoms with Crippen molar-refractivity contribution in [3.63, 3.8) is 0 Å². The lowest BCUT2D eigenvalue weighted by atomic mass is 10.1. The van der Waals surface area contributed by atoms with Crippen molar-refractivity contribution in [1.29, 1.82) is 0 Å². The van der Waals surface area contributed by atoms with Crippen molar-refractivity contribution in [1.82, 2.24) is 10.3 Å². The van der Waals surface area contributed by atoms with Crippen LogP contribution in [0.1, 0.15) is 16.6 Å². The SMILES string of the molecule is CNC(Cc1cc(Br)cs1)c1ccc(F)cn1. The number of hydrogen-bond acceptors (Lipinski definition) is 3. The Morgan fingerprint density at radius 3 is 2.88 bits per heavy atom. The second kappa shape index (κ2) is 5.71. The highest BCUT2D eigenvalue weighted by molar-refractivity contribution is 9.10. The van der Waals surface area contributed by atoms with E-state index >= 15 is 0 Å². The van der Waals surface area contributed by atoms with Crippen LogP contribution in [0, 0.1) is 5.82 Å². The number of thiophene rings is 1. The van der Waals surface area contributed by atoms with E-state index in [9.17, 15) is 4.39 Å². The quantitative estimate of drug-likeness (QED) is 0.933. The van der Waals surface area contributed by atoms with Crippen LogP contribution in [-0.4, -0.2) is 12.0 Å². The minimum absolute atomic E-state index is 0.112. The molecule has 17 heavy (non-hydrogen) atoms. The highest BCUT2D eigenvalue weighted by Crippen LogP contribution is 2.24. The molecule has 1 unspecified atom stereocenters. The zero-order valence-electron chi connectivity index (χ0n) is 9.28. The van der Waals surface area contributed by atoms with Crippen molar-refractivity contribution in [2.24, 2.45) is 0 Å². The van der Waals surface area contributed by atoms with E-state index in [1.807, 2.05) is 7.05 Å². The summed E-state index contributed by atoms with van der Waals surface area (Å²) in [6, 6.07) is 5.37. The first kappa shape index (κ1) is 12.7. The van der Waals surface area contributed by atoms with Gasteiger partial charge in [0, 0.05) is 21.2 Å². The first-order valence-corrected chi connectivity index (χ1v) is 6.88. The molecular weight excluding hydrogens is 303 g/mol. The molecule has 0 fully saturated rings. The molecule has 0 bridgehead atoms. The van der Waals surface area contributed by atoms with Gasteiger partial charge >= 0.3 is 0 Å². The third-order valence-corrected chi connectivity index (χ3v) is 4.20. The van der Waals surface area contributed by atoms with Gasteiger partial charge in [-0.1, -0.05) is 0 Å². The molecule has 1 atom stereocenters. The third kappa shape index (κ3) is 3.34. The molecule has 0 aromatic carbocycles. The van der Waals surface area contributed by atoms with Gasteiger partial charge < -0.3 is 5.32 Å². The molecule has 2 heterocycles. The number of aromatic nitrogens is 1. The van der Waals surface area contributed by atoms with E-state index in [4.69, 9.17) is 0 Å². The summed E-state index contributed by atoms with van der Waals surface area (Å²) in [5.41, 5.74) is 0.860. The van der Waals surface area contributed by atoms with Crippen LogP contribution < -0.4 is 5.32 Å². The van der Waals surface area contributed by atoms with Gasteiger partial charge in [0.25, 0.3) is 0 Å². The Hall–Kier alpha value is -0.780. The average Bonchev–Trinajstić information content (AvgIpc) is 2.73. The van der Waals surface area contributed by atoms with Gasteiger partial charge in [-0.05, 0) is 41.2 Å². The maximum atomic E-state index is 12.8. The molecule has 0 saturated carbocycles. The fraction of sp³-hybridized carbons (Fsp3) is 0.250. The van der Waals surface area contributed by atoms with Gasteiger partial charge in [-0.15, -0.1) is 11.3 Å². The maximum absolute atomic E-state index is 12.8. The normalized spacial score (nSPS) is 12.6. The lowest BCUT2D eigenvalue weighted by molar-refractivity contribution is 0.569. The van der Waals surface area contributed by atoms with E-state index < -0.39 is 0 Å². The van der Waals surface area contributed by atoms with Crippen molar-refractivity contribution in [3.8, 4) is 0 Å². The third-order valence-electron chi connectivity index (χ3n) is 2.48. The first-order chi connectivity index (χ1) is 8.19. The summed E-state index contributed by atoms with van der Waals surface area (Å²) in [6.07, 6.45) is 2.11. The largest absolute Gasteiger partial charge is 0.311 e. The standard InChI is InChI=1S/C12H12BrFN2S/c1-15-12(5-10-4-8(13)7-17-10)11-3-2-9(14)6-16-11/h2-4,6-7,12,15H,5H2,1H3. The van der Waals surface area contributed by atoms with E-state index in [1.54, 1.807) is 17.4 Å². The second-order valence-corrected chi connectivity index (χ2v) is 5.59. The van der Waals surface area contributed by atoms with Crippen LogP contribution in [0.2, 0.25) is 0 Å². The first-order valence-electron chi connectivity index (χ1n) is 5.20. The summed E-state index contributed by atoms with van der Waals surface area (Å²) in [5.74, 6) is -0.303. The van der Waals surface area contributed by atoms with Crippen LogP contribution >= 0.6 is 27.3 Å². The van der Waals surface area contributed by atoms with Crippen LogP contribution in [0.25, 0.3) is 0 Å². The summed E-state index contributed by atoms with van der Waals surface area (Å²) in [4.78, 5) is 5.37. The fourth-order valence-electron chi connectivity index (χ4n) is 1.61. The number of nitrogens with zero attached hydrogens (tertiary/aromatic N) is 1. The molecule has 0 radical (unpaired) electrons. The molecule has 1 N–H and O–H groups in total. The van der Waals surface area contributed by atoms with Gasteiger partial charge in [0.15, 0.2) is 0 Å². The van der Waals surface area contributed by atoms with Crippen molar-refractivity contribution in [3.05, 3.63) is 50.6 Å². The summed E-state index contributed by atoms with van der Waals surface area (Å²) >= 11 is 5.14. The lowest BCUT2D eigenvalue weighted by Crippen LogP contribution is -2.19. The molecule has 0 aliphatic heterocycles. The van der Waals surface area contributed by atoms with Gasteiger partial charge in [0.2, 0.25) is 0 Å². The summed E-state index contributed by atoms with van der Waals surface area (Å²) in [5, 5.41) is 5.26. The van der Waals surface area contributed by atoms with E-state index in [1.165, 1.54) is 17.1 Å².